The van der Waals surface area contributed by atoms with E-state index in [2.05, 4.69) is 5.32 Å². The quantitative estimate of drug-likeness (QED) is 0.692. The van der Waals surface area contributed by atoms with E-state index in [4.69, 9.17) is 10.00 Å². The molecule has 0 heterocycles. The average molecular weight is 212 g/mol. The Morgan fingerprint density at radius 2 is 2.07 bits per heavy atom. The fourth-order valence-electron chi connectivity index (χ4n) is 0.754. The summed E-state index contributed by atoms with van der Waals surface area (Å²) in [5.74, 6) is -0.981. The number of rotatable bonds is 4. The molecular formula is C10H16N2O3. The Bertz CT molecular complexity index is 292. The third kappa shape index (κ3) is 3.98. The number of esters is 1. The molecule has 0 saturated heterocycles. The summed E-state index contributed by atoms with van der Waals surface area (Å²) in [5.41, 5.74) is -1.14. The van der Waals surface area contributed by atoms with E-state index in [0.29, 0.717) is 0 Å². The van der Waals surface area contributed by atoms with Crippen LogP contribution in [-0.2, 0) is 14.3 Å². The minimum Gasteiger partial charge on any atom is -0.464 e. The zero-order chi connectivity index (χ0) is 12.1. The Morgan fingerprint density at radius 1 is 1.53 bits per heavy atom. The minimum atomic E-state index is -1.14. The maximum absolute atomic E-state index is 11.5. The summed E-state index contributed by atoms with van der Waals surface area (Å²) in [6.45, 7) is 6.44. The van der Waals surface area contributed by atoms with E-state index in [1.54, 1.807) is 6.92 Å². The molecule has 5 nitrogen and oxygen atoms in total. The fourth-order valence-corrected chi connectivity index (χ4v) is 0.754. The lowest BCUT2D eigenvalue weighted by Gasteiger charge is -2.18. The molecule has 1 N–H and O–H groups in total. The van der Waals surface area contributed by atoms with Gasteiger partial charge < -0.3 is 10.1 Å². The Morgan fingerprint density at radius 3 is 2.47 bits per heavy atom. The summed E-state index contributed by atoms with van der Waals surface area (Å²) >= 11 is 0. The zero-order valence-electron chi connectivity index (χ0n) is 9.46. The number of ether oxygens (including phenoxy) is 1. The summed E-state index contributed by atoms with van der Waals surface area (Å²) in [5, 5.41) is 11.1. The molecule has 84 valence electrons. The van der Waals surface area contributed by atoms with Crippen LogP contribution in [0.4, 0.5) is 0 Å². The molecule has 15 heavy (non-hydrogen) atoms. The van der Waals surface area contributed by atoms with Crippen LogP contribution in [0.25, 0.3) is 0 Å². The predicted molar refractivity (Wildman–Crippen MR) is 53.6 cm³/mol. The zero-order valence-corrected chi connectivity index (χ0v) is 9.46. The van der Waals surface area contributed by atoms with E-state index in [1.165, 1.54) is 20.8 Å². The van der Waals surface area contributed by atoms with Gasteiger partial charge >= 0.3 is 5.97 Å². The highest BCUT2D eigenvalue weighted by Crippen LogP contribution is 2.13. The first-order valence-corrected chi connectivity index (χ1v) is 4.74. The lowest BCUT2D eigenvalue weighted by Crippen LogP contribution is -2.45. The maximum Gasteiger partial charge on any atom is 0.328 e. The largest absolute Gasteiger partial charge is 0.464 e. The molecular weight excluding hydrogens is 196 g/mol. The molecule has 0 aliphatic rings. The van der Waals surface area contributed by atoms with Gasteiger partial charge in [0.15, 0.2) is 0 Å². The molecule has 1 amide bonds. The monoisotopic (exact) mass is 212 g/mol. The highest BCUT2D eigenvalue weighted by Gasteiger charge is 2.29. The number of hydrogen-bond acceptors (Lipinski definition) is 4. The molecule has 0 bridgehead atoms. The number of carbonyl (C=O) groups is 2. The standard InChI is InChI=1S/C10H16N2O3/c1-5-15-8(13)7(2)12-9(14)10(3,4)6-11/h7H,5H2,1-4H3,(H,12,14). The van der Waals surface area contributed by atoms with Gasteiger partial charge in [0.05, 0.1) is 12.7 Å². The molecule has 0 rings (SSSR count). The first-order valence-electron chi connectivity index (χ1n) is 4.74. The number of nitrogens with zero attached hydrogens (tertiary/aromatic N) is 1. The van der Waals surface area contributed by atoms with Crippen LogP contribution in [0.2, 0.25) is 0 Å². The van der Waals surface area contributed by atoms with Gasteiger partial charge in [-0.15, -0.1) is 0 Å². The normalized spacial score (nSPS) is 12.5. The first kappa shape index (κ1) is 13.4. The molecule has 5 heteroatoms. The summed E-state index contributed by atoms with van der Waals surface area (Å²) < 4.78 is 4.71. The van der Waals surface area contributed by atoms with Crippen molar-refractivity contribution in [2.75, 3.05) is 6.61 Å². The minimum absolute atomic E-state index is 0.265. The molecule has 0 aromatic carbocycles. The van der Waals surface area contributed by atoms with E-state index in [1.807, 2.05) is 6.07 Å². The number of nitriles is 1. The molecule has 0 radical (unpaired) electrons. The molecule has 0 fully saturated rings. The molecule has 0 aromatic heterocycles. The van der Waals surface area contributed by atoms with Crippen molar-refractivity contribution in [1.29, 1.82) is 5.26 Å². The second kappa shape index (κ2) is 5.35. The Balaban J connectivity index is 4.32. The molecule has 0 spiro atoms. The Hall–Kier alpha value is -1.57. The van der Waals surface area contributed by atoms with Gasteiger partial charge in [-0.3, -0.25) is 4.79 Å². The molecule has 0 aliphatic carbocycles. The molecule has 1 atom stereocenters. The number of nitrogens with one attached hydrogen (secondary N) is 1. The van der Waals surface area contributed by atoms with Crippen LogP contribution < -0.4 is 5.32 Å². The number of hydrogen-bond donors (Lipinski definition) is 1. The highest BCUT2D eigenvalue weighted by molar-refractivity contribution is 5.89. The van der Waals surface area contributed by atoms with Gasteiger partial charge in [-0.2, -0.15) is 5.26 Å². The van der Waals surface area contributed by atoms with Gasteiger partial charge in [0.1, 0.15) is 11.5 Å². The topological polar surface area (TPSA) is 79.2 Å². The van der Waals surface area contributed by atoms with E-state index in [0.717, 1.165) is 0 Å². The van der Waals surface area contributed by atoms with Crippen LogP contribution in [-0.4, -0.2) is 24.5 Å². The summed E-state index contributed by atoms with van der Waals surface area (Å²) in [7, 11) is 0. The molecule has 0 aromatic rings. The average Bonchev–Trinajstić information content (AvgIpc) is 2.17. The summed E-state index contributed by atoms with van der Waals surface area (Å²) in [6, 6.07) is 1.12. The Labute approximate surface area is 89.4 Å². The van der Waals surface area contributed by atoms with Crippen LogP contribution in [0.5, 0.6) is 0 Å². The number of carbonyl (C=O) groups excluding carboxylic acids is 2. The molecule has 0 aliphatic heterocycles. The van der Waals surface area contributed by atoms with Crippen LogP contribution in [0.15, 0.2) is 0 Å². The van der Waals surface area contributed by atoms with E-state index in [-0.39, 0.29) is 6.61 Å². The van der Waals surface area contributed by atoms with Crippen molar-refractivity contribution in [1.82, 2.24) is 5.32 Å². The van der Waals surface area contributed by atoms with Crippen molar-refractivity contribution in [3.63, 3.8) is 0 Å². The van der Waals surface area contributed by atoms with Gasteiger partial charge in [-0.1, -0.05) is 0 Å². The number of amides is 1. The lowest BCUT2D eigenvalue weighted by atomic mass is 9.94. The highest BCUT2D eigenvalue weighted by atomic mass is 16.5. The van der Waals surface area contributed by atoms with Crippen LogP contribution in [0.3, 0.4) is 0 Å². The third-order valence-corrected chi connectivity index (χ3v) is 1.83. The summed E-state index contributed by atoms with van der Waals surface area (Å²) in [6.07, 6.45) is 0. The predicted octanol–water partition coefficient (Wildman–Crippen LogP) is 0.604. The molecule has 1 unspecified atom stereocenters. The Kier molecular flexibility index (Phi) is 4.79. The fraction of sp³-hybridized carbons (Fsp3) is 0.700. The van der Waals surface area contributed by atoms with Crippen molar-refractivity contribution in [3.05, 3.63) is 0 Å². The van der Waals surface area contributed by atoms with Gasteiger partial charge in [0, 0.05) is 0 Å². The second-order valence-electron chi connectivity index (χ2n) is 3.68. The first-order chi connectivity index (χ1) is 6.85. The van der Waals surface area contributed by atoms with Gasteiger partial charge in [0.25, 0.3) is 0 Å². The maximum atomic E-state index is 11.5. The third-order valence-electron chi connectivity index (χ3n) is 1.83. The van der Waals surface area contributed by atoms with Gasteiger partial charge in [0.2, 0.25) is 5.91 Å². The SMILES string of the molecule is CCOC(=O)C(C)NC(=O)C(C)(C)C#N. The summed E-state index contributed by atoms with van der Waals surface area (Å²) in [4.78, 5) is 22.6. The van der Waals surface area contributed by atoms with Crippen molar-refractivity contribution >= 4 is 11.9 Å². The van der Waals surface area contributed by atoms with Crippen LogP contribution in [0.1, 0.15) is 27.7 Å². The van der Waals surface area contributed by atoms with E-state index < -0.39 is 23.3 Å². The van der Waals surface area contributed by atoms with Crippen LogP contribution >= 0.6 is 0 Å². The van der Waals surface area contributed by atoms with Crippen molar-refractivity contribution in [2.24, 2.45) is 5.41 Å². The van der Waals surface area contributed by atoms with Crippen molar-refractivity contribution < 1.29 is 14.3 Å². The van der Waals surface area contributed by atoms with Gasteiger partial charge in [-0.25, -0.2) is 4.79 Å². The van der Waals surface area contributed by atoms with Crippen molar-refractivity contribution in [3.8, 4) is 6.07 Å². The second-order valence-corrected chi connectivity index (χ2v) is 3.68. The van der Waals surface area contributed by atoms with Gasteiger partial charge in [-0.05, 0) is 27.7 Å². The van der Waals surface area contributed by atoms with E-state index >= 15 is 0 Å². The smallest absolute Gasteiger partial charge is 0.328 e. The lowest BCUT2D eigenvalue weighted by molar-refractivity contribution is -0.147. The molecule has 0 saturated carbocycles. The van der Waals surface area contributed by atoms with Crippen molar-refractivity contribution in [2.45, 2.75) is 33.7 Å². The van der Waals surface area contributed by atoms with Crippen LogP contribution in [0, 0.1) is 16.7 Å². The van der Waals surface area contributed by atoms with E-state index in [9.17, 15) is 9.59 Å².